The van der Waals surface area contributed by atoms with E-state index in [1.54, 1.807) is 0 Å². The monoisotopic (exact) mass is 931 g/mol. The molecule has 2 aliphatic rings. The minimum Gasteiger partial charge on any atom is -0.455 e. The molecule has 2 aromatic heterocycles. The van der Waals surface area contributed by atoms with E-state index in [1.807, 2.05) is 133 Å². The van der Waals surface area contributed by atoms with E-state index in [1.165, 1.54) is 0 Å². The number of carbonyl (C=O) groups excluding carboxylic acids is 2. The SMILES string of the molecule is CC(C)(C)C1=CC(C(N=Nc2ccc(-c3ccccc3)cc2)c2ccc(-c3ccc(C(N=Nc4ccc(-c5ccccc5)cc4)C4C=C(C(C)(C)C)C(=O)C(C(C)(C)C)=C4)o3)o2)C=C(C(C)(C)C)C1=O. The van der Waals surface area contributed by atoms with Crippen LogP contribution < -0.4 is 0 Å². The average molecular weight is 931 g/mol. The van der Waals surface area contributed by atoms with Crippen molar-refractivity contribution < 1.29 is 18.4 Å². The second kappa shape index (κ2) is 19.4. The van der Waals surface area contributed by atoms with Crippen molar-refractivity contribution >= 4 is 22.9 Å². The fourth-order valence-electron chi connectivity index (χ4n) is 9.08. The first-order valence-electron chi connectivity index (χ1n) is 24.4. The lowest BCUT2D eigenvalue weighted by Crippen LogP contribution is -2.30. The molecule has 0 spiro atoms. The largest absolute Gasteiger partial charge is 0.455 e. The maximum Gasteiger partial charge on any atom is 0.185 e. The van der Waals surface area contributed by atoms with E-state index < -0.39 is 33.7 Å². The number of hydrogen-bond donors (Lipinski definition) is 0. The first kappa shape index (κ1) is 49.4. The van der Waals surface area contributed by atoms with Crippen LogP contribution in [0.25, 0.3) is 33.8 Å². The van der Waals surface area contributed by atoms with Crippen molar-refractivity contribution in [3.8, 4) is 33.8 Å². The molecule has 2 atom stereocenters. The van der Waals surface area contributed by atoms with Crippen molar-refractivity contribution in [2.75, 3.05) is 0 Å². The predicted molar refractivity (Wildman–Crippen MR) is 282 cm³/mol. The van der Waals surface area contributed by atoms with E-state index in [2.05, 4.69) is 107 Å². The van der Waals surface area contributed by atoms with Crippen molar-refractivity contribution in [2.24, 2.45) is 54.0 Å². The Labute approximate surface area is 414 Å². The third-order valence-corrected chi connectivity index (χ3v) is 13.0. The Morgan fingerprint density at radius 3 is 0.943 bits per heavy atom. The number of rotatable bonds is 11. The zero-order valence-electron chi connectivity index (χ0n) is 42.7. The number of hydrogen-bond acceptors (Lipinski definition) is 8. The number of allylic oxidation sites excluding steroid dienone is 4. The first-order valence-corrected chi connectivity index (χ1v) is 24.4. The van der Waals surface area contributed by atoms with Gasteiger partial charge in [0.15, 0.2) is 23.1 Å². The molecule has 2 aliphatic carbocycles. The zero-order chi connectivity index (χ0) is 50.2. The summed E-state index contributed by atoms with van der Waals surface area (Å²) in [5, 5.41) is 19.6. The van der Waals surface area contributed by atoms with Gasteiger partial charge in [0.05, 0.1) is 11.4 Å². The standard InChI is InChI=1S/C62H66N4O4/c1-59(2,3)47-35-43(36-48(57(47)67)60(4,5)6)55(65-63-45-27-23-41(24-28-45)39-19-15-13-16-20-39)53-33-31-51(69-53)52-32-34-54(70-52)56(44-37-49(61(7,8)9)58(68)50(38-44)62(10,11)12)66-64-46-29-25-42(26-30-46)40-21-17-14-18-22-40/h13-38,43-44,55-56H,1-12H3. The van der Waals surface area contributed by atoms with Crippen molar-refractivity contribution in [3.05, 3.63) is 192 Å². The molecule has 6 aromatic rings. The topological polar surface area (TPSA) is 110 Å². The molecule has 0 amide bonds. The van der Waals surface area contributed by atoms with Crippen LogP contribution in [-0.4, -0.2) is 11.6 Å². The van der Waals surface area contributed by atoms with Gasteiger partial charge in [0.2, 0.25) is 0 Å². The van der Waals surface area contributed by atoms with Crippen LogP contribution in [0.2, 0.25) is 0 Å². The molecule has 8 nitrogen and oxygen atoms in total. The van der Waals surface area contributed by atoms with Gasteiger partial charge in [-0.1, -0.05) is 192 Å². The van der Waals surface area contributed by atoms with Crippen LogP contribution in [0.3, 0.4) is 0 Å². The summed E-state index contributed by atoms with van der Waals surface area (Å²) in [5.41, 5.74) is 7.11. The lowest BCUT2D eigenvalue weighted by Gasteiger charge is -2.34. The van der Waals surface area contributed by atoms with Crippen molar-refractivity contribution in [1.29, 1.82) is 0 Å². The molecule has 2 unspecified atom stereocenters. The highest BCUT2D eigenvalue weighted by atomic mass is 16.4. The summed E-state index contributed by atoms with van der Waals surface area (Å²) in [7, 11) is 0. The number of carbonyl (C=O) groups is 2. The van der Waals surface area contributed by atoms with Gasteiger partial charge in [-0.25, -0.2) is 0 Å². The molecule has 8 rings (SSSR count). The maximum atomic E-state index is 14.1. The van der Waals surface area contributed by atoms with Gasteiger partial charge in [0, 0.05) is 34.1 Å². The molecule has 0 saturated carbocycles. The van der Waals surface area contributed by atoms with Crippen LogP contribution in [0.4, 0.5) is 11.4 Å². The van der Waals surface area contributed by atoms with Crippen LogP contribution in [0.1, 0.15) is 107 Å². The van der Waals surface area contributed by atoms with Gasteiger partial charge in [-0.05, 0) is 92.4 Å². The summed E-state index contributed by atoms with van der Waals surface area (Å²) in [5.74, 6) is 1.58. The number of ketones is 2. The maximum absolute atomic E-state index is 14.1. The van der Waals surface area contributed by atoms with Crippen LogP contribution in [0, 0.1) is 33.5 Å². The van der Waals surface area contributed by atoms with Crippen LogP contribution in [-0.2, 0) is 9.59 Å². The van der Waals surface area contributed by atoms with Crippen LogP contribution in [0.5, 0.6) is 0 Å². The Morgan fingerprint density at radius 1 is 0.371 bits per heavy atom. The molecule has 358 valence electrons. The van der Waals surface area contributed by atoms with Gasteiger partial charge in [-0.3, -0.25) is 9.59 Å². The van der Waals surface area contributed by atoms with Crippen LogP contribution >= 0.6 is 0 Å². The quantitative estimate of drug-likeness (QED) is 0.121. The minimum absolute atomic E-state index is 0.0545. The molecule has 2 heterocycles. The fourth-order valence-corrected chi connectivity index (χ4v) is 9.08. The van der Waals surface area contributed by atoms with Gasteiger partial charge in [-0.15, -0.1) is 0 Å². The predicted octanol–water partition coefficient (Wildman–Crippen LogP) is 17.8. The Hall–Kier alpha value is -7.06. The Morgan fingerprint density at radius 2 is 0.657 bits per heavy atom. The number of nitrogens with zero attached hydrogens (tertiary/aromatic N) is 4. The highest BCUT2D eigenvalue weighted by molar-refractivity contribution is 6.11. The van der Waals surface area contributed by atoms with Gasteiger partial charge in [0.1, 0.15) is 23.6 Å². The Kier molecular flexibility index (Phi) is 13.7. The lowest BCUT2D eigenvalue weighted by atomic mass is 9.70. The van der Waals surface area contributed by atoms with Gasteiger partial charge < -0.3 is 8.83 Å². The molecular formula is C62H66N4O4. The fraction of sp³-hybridized carbons (Fsp3) is 0.323. The van der Waals surface area contributed by atoms with E-state index >= 15 is 0 Å². The van der Waals surface area contributed by atoms with Crippen molar-refractivity contribution in [3.63, 3.8) is 0 Å². The highest BCUT2D eigenvalue weighted by Gasteiger charge is 2.40. The van der Waals surface area contributed by atoms with Crippen LogP contribution in [0.15, 0.2) is 209 Å². The molecular weight excluding hydrogens is 865 g/mol. The van der Waals surface area contributed by atoms with E-state index in [4.69, 9.17) is 29.3 Å². The summed E-state index contributed by atoms with van der Waals surface area (Å²) < 4.78 is 13.5. The molecule has 0 radical (unpaired) electrons. The molecule has 0 N–H and O–H groups in total. The summed E-state index contributed by atoms with van der Waals surface area (Å²) in [4.78, 5) is 28.2. The smallest absolute Gasteiger partial charge is 0.185 e. The zero-order valence-corrected chi connectivity index (χ0v) is 42.7. The Balaban J connectivity index is 1.19. The summed E-state index contributed by atoms with van der Waals surface area (Å²) >= 11 is 0. The van der Waals surface area contributed by atoms with E-state index in [9.17, 15) is 9.59 Å². The molecule has 0 fully saturated rings. The molecule has 0 aliphatic heterocycles. The molecule has 0 bridgehead atoms. The first-order chi connectivity index (χ1) is 33.0. The van der Waals surface area contributed by atoms with Crippen molar-refractivity contribution in [1.82, 2.24) is 0 Å². The average Bonchev–Trinajstić information content (AvgIpc) is 4.01. The van der Waals surface area contributed by atoms with E-state index in [0.29, 0.717) is 34.4 Å². The number of azo groups is 2. The van der Waals surface area contributed by atoms with E-state index in [0.717, 1.165) is 44.5 Å². The lowest BCUT2D eigenvalue weighted by molar-refractivity contribution is -0.115. The number of benzene rings is 4. The minimum atomic E-state index is -0.615. The van der Waals surface area contributed by atoms with E-state index in [-0.39, 0.29) is 23.4 Å². The normalized spacial score (nSPS) is 16.6. The third kappa shape index (κ3) is 11.0. The second-order valence-electron chi connectivity index (χ2n) is 22.7. The number of Topliss-reactive ketones (excluding diaryl/α,β-unsaturated/α-hetero) is 2. The molecule has 70 heavy (non-hydrogen) atoms. The Bertz CT molecular complexity index is 2760. The van der Waals surface area contributed by atoms with Gasteiger partial charge in [0.25, 0.3) is 0 Å². The summed E-state index contributed by atoms with van der Waals surface area (Å²) in [6.07, 6.45) is 8.19. The molecule has 8 heteroatoms. The van der Waals surface area contributed by atoms with Gasteiger partial charge in [-0.2, -0.15) is 20.5 Å². The highest BCUT2D eigenvalue weighted by Crippen LogP contribution is 2.47. The molecule has 4 aromatic carbocycles. The second-order valence-corrected chi connectivity index (χ2v) is 22.7. The summed E-state index contributed by atoms with van der Waals surface area (Å²) in [6, 6.07) is 42.9. The van der Waals surface area contributed by atoms with Gasteiger partial charge >= 0.3 is 0 Å². The summed E-state index contributed by atoms with van der Waals surface area (Å²) in [6.45, 7) is 24.9. The molecule has 0 saturated heterocycles. The number of furan rings is 2. The third-order valence-electron chi connectivity index (χ3n) is 13.0. The van der Waals surface area contributed by atoms with Crippen molar-refractivity contribution in [2.45, 2.75) is 95.2 Å².